The molecule has 0 aromatic carbocycles. The molecule has 0 aliphatic carbocycles. The Kier molecular flexibility index (Phi) is 28.0. The molecule has 0 unspecified atom stereocenters. The van der Waals surface area contributed by atoms with Crippen LogP contribution in [0.2, 0.25) is 0 Å². The smallest absolute Gasteiger partial charge is 0.243 e. The predicted octanol–water partition coefficient (Wildman–Crippen LogP) is 2.66. The third kappa shape index (κ3) is 29.4. The average Bonchev–Trinajstić information content (AvgIpc) is 3.04. The third-order valence-electron chi connectivity index (χ3n) is 6.36. The molecular weight excluding hydrogens is 592 g/mol. The van der Waals surface area contributed by atoms with E-state index >= 15 is 0 Å². The molecule has 0 bridgehead atoms. The molecule has 1 heterocycles. The van der Waals surface area contributed by atoms with Crippen LogP contribution in [-0.4, -0.2) is 103 Å². The van der Waals surface area contributed by atoms with Crippen LogP contribution in [0.4, 0.5) is 0 Å². The van der Waals surface area contributed by atoms with Crippen molar-refractivity contribution in [3.05, 3.63) is 48.6 Å². The van der Waals surface area contributed by atoms with E-state index in [9.17, 15) is 19.2 Å². The van der Waals surface area contributed by atoms with Crippen molar-refractivity contribution in [1.29, 1.82) is 0 Å². The second-order valence-electron chi connectivity index (χ2n) is 10.5. The Morgan fingerprint density at radius 2 is 0.696 bits per heavy atom. The van der Waals surface area contributed by atoms with E-state index in [0.717, 1.165) is 51.4 Å². The van der Waals surface area contributed by atoms with E-state index in [1.165, 1.54) is 12.2 Å². The lowest BCUT2D eigenvalue weighted by Gasteiger charge is -2.07. The largest absolute Gasteiger partial charge is 0.381 e. The predicted molar refractivity (Wildman–Crippen MR) is 178 cm³/mol. The number of nitrogens with one attached hydrogen (secondary N) is 4. The summed E-state index contributed by atoms with van der Waals surface area (Å²) in [6.07, 6.45) is 19.9. The van der Waals surface area contributed by atoms with Crippen molar-refractivity contribution in [2.45, 2.75) is 64.2 Å². The molecule has 0 aromatic rings. The van der Waals surface area contributed by atoms with Gasteiger partial charge in [-0.05, 0) is 51.4 Å². The molecule has 1 rings (SSSR count). The van der Waals surface area contributed by atoms with Gasteiger partial charge in [-0.3, -0.25) is 19.2 Å². The highest BCUT2D eigenvalue weighted by molar-refractivity contribution is 5.88. The van der Waals surface area contributed by atoms with Crippen molar-refractivity contribution in [2.24, 2.45) is 0 Å². The summed E-state index contributed by atoms with van der Waals surface area (Å²) in [4.78, 5) is 47.6. The van der Waals surface area contributed by atoms with Crippen molar-refractivity contribution >= 4 is 23.6 Å². The number of amides is 4. The maximum absolute atomic E-state index is 11.9. The quantitative estimate of drug-likeness (QED) is 0.313. The van der Waals surface area contributed by atoms with Crippen molar-refractivity contribution in [3.8, 4) is 0 Å². The molecule has 12 heteroatoms. The van der Waals surface area contributed by atoms with Gasteiger partial charge < -0.3 is 40.2 Å². The topological polar surface area (TPSA) is 153 Å². The van der Waals surface area contributed by atoms with E-state index < -0.39 is 0 Å². The fourth-order valence-electron chi connectivity index (χ4n) is 3.86. The number of ether oxygens (including phenoxy) is 4. The molecule has 0 spiro atoms. The first-order valence-corrected chi connectivity index (χ1v) is 16.6. The lowest BCUT2D eigenvalue weighted by Crippen LogP contribution is -2.24. The highest BCUT2D eigenvalue weighted by Gasteiger charge is 2.00. The molecule has 4 N–H and O–H groups in total. The van der Waals surface area contributed by atoms with Gasteiger partial charge in [-0.25, -0.2) is 0 Å². The maximum Gasteiger partial charge on any atom is 0.243 e. The second kappa shape index (κ2) is 31.7. The Bertz CT molecular complexity index is 862. The van der Waals surface area contributed by atoms with Crippen molar-refractivity contribution < 1.29 is 38.1 Å². The van der Waals surface area contributed by atoms with Crippen LogP contribution in [0.3, 0.4) is 0 Å². The first-order chi connectivity index (χ1) is 22.6. The summed E-state index contributed by atoms with van der Waals surface area (Å²) in [5, 5.41) is 11.3. The van der Waals surface area contributed by atoms with Crippen LogP contribution < -0.4 is 21.3 Å². The average molecular weight is 649 g/mol. The fourth-order valence-corrected chi connectivity index (χ4v) is 3.86. The summed E-state index contributed by atoms with van der Waals surface area (Å²) in [5.74, 6) is -0.521. The molecule has 0 radical (unpaired) electrons. The van der Waals surface area contributed by atoms with Crippen LogP contribution in [0.15, 0.2) is 48.6 Å². The van der Waals surface area contributed by atoms with Gasteiger partial charge in [-0.2, -0.15) is 0 Å². The van der Waals surface area contributed by atoms with Gasteiger partial charge in [0.05, 0.1) is 0 Å². The van der Waals surface area contributed by atoms with E-state index in [1.54, 1.807) is 36.5 Å². The standard InChI is InChI=1S/C34H56N4O8/c39-31-15-3-1-4-16-32(40)36-20-12-28-44-24-8-10-26-46-30-14-22-38-34(42)18-6-2-5-17-33(41)37-21-13-29-45-25-9-7-23-43-27-11-19-35-31/h1-6,15,18H,7-14,16-17,19-30H2,(H,35,39)(H,36,40)(H,37,41)(H,38,42)/b4-1-,5-2-,15-3+,18-6+. The van der Waals surface area contributed by atoms with E-state index in [0.29, 0.717) is 79.0 Å². The molecule has 0 fully saturated rings. The highest BCUT2D eigenvalue weighted by Crippen LogP contribution is 1.96. The molecule has 0 saturated heterocycles. The van der Waals surface area contributed by atoms with E-state index in [-0.39, 0.29) is 36.5 Å². The minimum absolute atomic E-state index is 0.0749. The zero-order chi connectivity index (χ0) is 33.2. The van der Waals surface area contributed by atoms with Gasteiger partial charge >= 0.3 is 0 Å². The van der Waals surface area contributed by atoms with Crippen LogP contribution in [-0.2, 0) is 38.1 Å². The molecule has 12 nitrogen and oxygen atoms in total. The van der Waals surface area contributed by atoms with Gasteiger partial charge in [0, 0.05) is 104 Å². The first-order valence-electron chi connectivity index (χ1n) is 16.6. The number of carbonyl (C=O) groups is 4. The molecule has 0 atom stereocenters. The lowest BCUT2D eigenvalue weighted by molar-refractivity contribution is -0.121. The molecular formula is C34H56N4O8. The van der Waals surface area contributed by atoms with Gasteiger partial charge in [0.1, 0.15) is 0 Å². The Balaban J connectivity index is 2.29. The van der Waals surface area contributed by atoms with E-state index in [2.05, 4.69) is 21.3 Å². The van der Waals surface area contributed by atoms with Crippen LogP contribution in [0.5, 0.6) is 0 Å². The van der Waals surface area contributed by atoms with Gasteiger partial charge in [-0.1, -0.05) is 36.5 Å². The summed E-state index contributed by atoms with van der Waals surface area (Å²) >= 11 is 0. The van der Waals surface area contributed by atoms with Crippen LogP contribution in [0.25, 0.3) is 0 Å². The third-order valence-corrected chi connectivity index (χ3v) is 6.36. The summed E-state index contributed by atoms with van der Waals surface area (Å²) in [5.41, 5.74) is 0. The van der Waals surface area contributed by atoms with Gasteiger partial charge in [-0.15, -0.1) is 0 Å². The number of carbonyl (C=O) groups excluding carboxylic acids is 4. The zero-order valence-electron chi connectivity index (χ0n) is 27.4. The highest BCUT2D eigenvalue weighted by atomic mass is 16.5. The van der Waals surface area contributed by atoms with E-state index in [4.69, 9.17) is 18.9 Å². The summed E-state index contributed by atoms with van der Waals surface area (Å²) in [6.45, 7) is 7.02. The molecule has 260 valence electrons. The normalized spacial score (nSPS) is 23.8. The number of hydrogen-bond acceptors (Lipinski definition) is 8. The fraction of sp³-hybridized carbons (Fsp3) is 0.647. The minimum Gasteiger partial charge on any atom is -0.381 e. The molecule has 0 aromatic heterocycles. The summed E-state index contributed by atoms with van der Waals surface area (Å²) < 4.78 is 22.4. The number of hydrogen-bond donors (Lipinski definition) is 4. The van der Waals surface area contributed by atoms with Crippen LogP contribution >= 0.6 is 0 Å². The Hall–Kier alpha value is -3.32. The Labute approximate surface area is 274 Å². The Morgan fingerprint density at radius 3 is 1.04 bits per heavy atom. The van der Waals surface area contributed by atoms with Gasteiger partial charge in [0.15, 0.2) is 0 Å². The number of allylic oxidation sites excluding steroid dienone is 4. The van der Waals surface area contributed by atoms with Gasteiger partial charge in [0.2, 0.25) is 23.6 Å². The molecule has 1 aliphatic rings. The maximum atomic E-state index is 11.9. The summed E-state index contributed by atoms with van der Waals surface area (Å²) in [7, 11) is 0. The van der Waals surface area contributed by atoms with Crippen molar-refractivity contribution in [3.63, 3.8) is 0 Å². The SMILES string of the molecule is O=C1/C=C/C=C\CC(=O)NCCCOCCCCOCCCNC(=O)/C=C/C=C\CC(=O)NCCCOCCCCOCCCN1. The van der Waals surface area contributed by atoms with E-state index in [1.807, 2.05) is 0 Å². The zero-order valence-corrected chi connectivity index (χ0v) is 27.4. The number of rotatable bonds is 0. The van der Waals surface area contributed by atoms with Crippen LogP contribution in [0, 0.1) is 0 Å². The monoisotopic (exact) mass is 648 g/mol. The molecule has 46 heavy (non-hydrogen) atoms. The Morgan fingerprint density at radius 1 is 0.391 bits per heavy atom. The lowest BCUT2D eigenvalue weighted by atomic mass is 10.3. The first kappa shape index (κ1) is 40.7. The van der Waals surface area contributed by atoms with Crippen molar-refractivity contribution in [1.82, 2.24) is 21.3 Å². The molecule has 1 aliphatic heterocycles. The van der Waals surface area contributed by atoms with Crippen LogP contribution in [0.1, 0.15) is 64.2 Å². The van der Waals surface area contributed by atoms with Crippen molar-refractivity contribution in [2.75, 3.05) is 79.0 Å². The molecule has 0 saturated carbocycles. The summed E-state index contributed by atoms with van der Waals surface area (Å²) in [6, 6.07) is 0. The minimum atomic E-state index is -0.185. The molecule has 4 amide bonds. The van der Waals surface area contributed by atoms with Gasteiger partial charge in [0.25, 0.3) is 0 Å². The second-order valence-corrected chi connectivity index (χ2v) is 10.5.